The first-order chi connectivity index (χ1) is 7.66. The van der Waals surface area contributed by atoms with Crippen molar-refractivity contribution in [3.05, 3.63) is 35.9 Å². The molecule has 0 bridgehead atoms. The lowest BCUT2D eigenvalue weighted by Crippen LogP contribution is -2.43. The fraction of sp³-hybridized carbons (Fsp3) is 0.385. The molecular weight excluding hydrogens is 202 g/mol. The van der Waals surface area contributed by atoms with Crippen molar-refractivity contribution in [1.29, 1.82) is 0 Å². The van der Waals surface area contributed by atoms with E-state index < -0.39 is 0 Å². The number of carbonyl (C=O) groups excluding carboxylic acids is 2. The molecule has 1 fully saturated rings. The van der Waals surface area contributed by atoms with Gasteiger partial charge in [-0.3, -0.25) is 9.59 Å². The van der Waals surface area contributed by atoms with E-state index in [1.54, 1.807) is 4.90 Å². The summed E-state index contributed by atoms with van der Waals surface area (Å²) in [5.41, 5.74) is 1.07. The zero-order valence-corrected chi connectivity index (χ0v) is 9.35. The van der Waals surface area contributed by atoms with E-state index in [0.29, 0.717) is 13.0 Å². The molecule has 1 atom stereocenters. The summed E-state index contributed by atoms with van der Waals surface area (Å²) in [6.07, 6.45) is 0.353. The number of hydrogen-bond acceptors (Lipinski definition) is 2. The van der Waals surface area contributed by atoms with Crippen LogP contribution in [0.1, 0.15) is 18.9 Å². The van der Waals surface area contributed by atoms with E-state index in [4.69, 9.17) is 0 Å². The van der Waals surface area contributed by atoms with Crippen LogP contribution in [0.2, 0.25) is 0 Å². The first-order valence-electron chi connectivity index (χ1n) is 5.51. The van der Waals surface area contributed by atoms with Crippen LogP contribution in [0.5, 0.6) is 0 Å². The molecule has 0 aromatic heterocycles. The largest absolute Gasteiger partial charge is 0.331 e. The van der Waals surface area contributed by atoms with Crippen LogP contribution in [0.25, 0.3) is 0 Å². The maximum Gasteiger partial charge on any atom is 0.223 e. The van der Waals surface area contributed by atoms with E-state index >= 15 is 0 Å². The number of nitrogens with zero attached hydrogens (tertiary/aromatic N) is 1. The summed E-state index contributed by atoms with van der Waals surface area (Å²) in [7, 11) is 0. The molecule has 3 heteroatoms. The number of Topliss-reactive ketones (excluding diaryl/α,β-unsaturated/α-hetero) is 1. The lowest BCUT2D eigenvalue weighted by molar-refractivity contribution is -0.143. The van der Waals surface area contributed by atoms with Gasteiger partial charge in [0.2, 0.25) is 5.91 Å². The normalized spacial score (nSPS) is 21.3. The second-order valence-electron chi connectivity index (χ2n) is 4.31. The number of hydrogen-bond donors (Lipinski definition) is 0. The molecule has 0 radical (unpaired) electrons. The number of piperidine rings is 1. The Kier molecular flexibility index (Phi) is 3.04. The third kappa shape index (κ3) is 2.30. The van der Waals surface area contributed by atoms with Gasteiger partial charge >= 0.3 is 0 Å². The third-order valence-electron chi connectivity index (χ3n) is 2.95. The monoisotopic (exact) mass is 217 g/mol. The van der Waals surface area contributed by atoms with Gasteiger partial charge in [-0.05, 0) is 5.56 Å². The van der Waals surface area contributed by atoms with Crippen LogP contribution in [0, 0.1) is 5.92 Å². The van der Waals surface area contributed by atoms with Crippen molar-refractivity contribution in [1.82, 2.24) is 4.90 Å². The highest BCUT2D eigenvalue weighted by Crippen LogP contribution is 2.16. The van der Waals surface area contributed by atoms with Gasteiger partial charge in [0.1, 0.15) is 0 Å². The Morgan fingerprint density at radius 1 is 1.25 bits per heavy atom. The predicted molar refractivity (Wildman–Crippen MR) is 60.6 cm³/mol. The number of amides is 1. The predicted octanol–water partition coefficient (Wildman–Crippen LogP) is 1.62. The molecule has 0 saturated carbocycles. The van der Waals surface area contributed by atoms with E-state index in [9.17, 15) is 9.59 Å². The van der Waals surface area contributed by atoms with Crippen LogP contribution >= 0.6 is 0 Å². The van der Waals surface area contributed by atoms with Crippen molar-refractivity contribution in [2.24, 2.45) is 5.92 Å². The van der Waals surface area contributed by atoms with Crippen molar-refractivity contribution < 1.29 is 9.59 Å². The molecule has 1 aromatic rings. The number of ketones is 1. The van der Waals surface area contributed by atoms with Gasteiger partial charge in [-0.15, -0.1) is 0 Å². The Labute approximate surface area is 95.1 Å². The fourth-order valence-corrected chi connectivity index (χ4v) is 1.88. The van der Waals surface area contributed by atoms with Gasteiger partial charge in [-0.2, -0.15) is 0 Å². The van der Waals surface area contributed by atoms with Crippen molar-refractivity contribution in [3.8, 4) is 0 Å². The van der Waals surface area contributed by atoms with Crippen LogP contribution in [0.3, 0.4) is 0 Å². The quantitative estimate of drug-likeness (QED) is 0.755. The molecule has 0 N–H and O–H groups in total. The van der Waals surface area contributed by atoms with Gasteiger partial charge in [0.15, 0.2) is 5.78 Å². The van der Waals surface area contributed by atoms with Gasteiger partial charge < -0.3 is 4.90 Å². The lowest BCUT2D eigenvalue weighted by Gasteiger charge is -2.29. The highest BCUT2D eigenvalue weighted by molar-refractivity contribution is 5.94. The van der Waals surface area contributed by atoms with Gasteiger partial charge in [0.05, 0.1) is 6.54 Å². The van der Waals surface area contributed by atoms with Crippen molar-refractivity contribution >= 4 is 11.7 Å². The smallest absolute Gasteiger partial charge is 0.223 e. The highest BCUT2D eigenvalue weighted by atomic mass is 16.2. The van der Waals surface area contributed by atoms with Crippen LogP contribution < -0.4 is 0 Å². The molecule has 16 heavy (non-hydrogen) atoms. The summed E-state index contributed by atoms with van der Waals surface area (Å²) in [4.78, 5) is 24.9. The van der Waals surface area contributed by atoms with Gasteiger partial charge in [0, 0.05) is 18.9 Å². The number of likely N-dealkylation sites (tertiary alicyclic amines) is 1. The molecule has 2 rings (SSSR count). The molecule has 1 aliphatic rings. The van der Waals surface area contributed by atoms with E-state index in [0.717, 1.165) is 5.56 Å². The van der Waals surface area contributed by atoms with Crippen molar-refractivity contribution in [2.75, 3.05) is 6.54 Å². The van der Waals surface area contributed by atoms with E-state index in [1.807, 2.05) is 37.3 Å². The molecule has 3 nitrogen and oxygen atoms in total. The molecule has 84 valence electrons. The molecule has 1 aromatic carbocycles. The van der Waals surface area contributed by atoms with E-state index in [-0.39, 0.29) is 24.2 Å². The van der Waals surface area contributed by atoms with Crippen LogP contribution in [-0.4, -0.2) is 23.1 Å². The highest BCUT2D eigenvalue weighted by Gasteiger charge is 2.29. The van der Waals surface area contributed by atoms with Crippen LogP contribution in [-0.2, 0) is 16.1 Å². The number of carbonyl (C=O) groups is 2. The molecule has 0 aliphatic carbocycles. The summed E-state index contributed by atoms with van der Waals surface area (Å²) in [5, 5.41) is 0. The Balaban J connectivity index is 2.05. The fourth-order valence-electron chi connectivity index (χ4n) is 1.88. The lowest BCUT2D eigenvalue weighted by atomic mass is 9.96. The first-order valence-corrected chi connectivity index (χ1v) is 5.51. The summed E-state index contributed by atoms with van der Waals surface area (Å²) < 4.78 is 0. The van der Waals surface area contributed by atoms with Crippen LogP contribution in [0.15, 0.2) is 30.3 Å². The summed E-state index contributed by atoms with van der Waals surface area (Å²) >= 11 is 0. The topological polar surface area (TPSA) is 37.4 Å². The maximum absolute atomic E-state index is 11.7. The van der Waals surface area contributed by atoms with Crippen molar-refractivity contribution in [2.45, 2.75) is 19.9 Å². The minimum atomic E-state index is -0.112. The SMILES string of the molecule is CC1CC(=O)N(Cc2ccccc2)CC1=O. The van der Waals surface area contributed by atoms with Gasteiger partial charge in [-0.1, -0.05) is 37.3 Å². The Bertz CT molecular complexity index is 400. The second kappa shape index (κ2) is 4.47. The average Bonchev–Trinajstić information content (AvgIpc) is 2.27. The van der Waals surface area contributed by atoms with Crippen LogP contribution in [0.4, 0.5) is 0 Å². The third-order valence-corrected chi connectivity index (χ3v) is 2.95. The second-order valence-corrected chi connectivity index (χ2v) is 4.31. The standard InChI is InChI=1S/C13H15NO2/c1-10-7-13(16)14(9-12(10)15)8-11-5-3-2-4-6-11/h2-6,10H,7-9H2,1H3. The van der Waals surface area contributed by atoms with E-state index in [2.05, 4.69) is 0 Å². The van der Waals surface area contributed by atoms with E-state index in [1.165, 1.54) is 0 Å². The molecule has 1 aliphatic heterocycles. The minimum Gasteiger partial charge on any atom is -0.331 e. The molecular formula is C13H15NO2. The zero-order valence-electron chi connectivity index (χ0n) is 9.35. The Morgan fingerprint density at radius 3 is 2.62 bits per heavy atom. The minimum absolute atomic E-state index is 0.0796. The van der Waals surface area contributed by atoms with Gasteiger partial charge in [0.25, 0.3) is 0 Å². The van der Waals surface area contributed by atoms with Crippen molar-refractivity contribution in [3.63, 3.8) is 0 Å². The molecule has 1 unspecified atom stereocenters. The van der Waals surface area contributed by atoms with Gasteiger partial charge in [-0.25, -0.2) is 0 Å². The summed E-state index contributed by atoms with van der Waals surface area (Å²) in [6.45, 7) is 2.62. The molecule has 1 heterocycles. The zero-order chi connectivity index (χ0) is 11.5. The Morgan fingerprint density at radius 2 is 1.94 bits per heavy atom. The number of rotatable bonds is 2. The molecule has 1 saturated heterocycles. The number of benzene rings is 1. The summed E-state index contributed by atoms with van der Waals surface area (Å²) in [5.74, 6) is 0.131. The maximum atomic E-state index is 11.7. The molecule has 0 spiro atoms. The Hall–Kier alpha value is -1.64. The average molecular weight is 217 g/mol. The first kappa shape index (κ1) is 10.9. The molecule has 1 amide bonds. The summed E-state index contributed by atoms with van der Waals surface area (Å²) in [6, 6.07) is 9.75.